The van der Waals surface area contributed by atoms with Crippen LogP contribution in [-0.4, -0.2) is 9.91 Å². The first-order valence-corrected chi connectivity index (χ1v) is 8.36. The molecule has 0 aliphatic heterocycles. The molecule has 0 saturated carbocycles. The van der Waals surface area contributed by atoms with Crippen molar-refractivity contribution < 1.29 is 4.92 Å². The lowest BCUT2D eigenvalue weighted by Crippen LogP contribution is -2.03. The van der Waals surface area contributed by atoms with Crippen LogP contribution >= 0.6 is 11.6 Å². The molecule has 0 radical (unpaired) electrons. The minimum atomic E-state index is -0.464. The standard InChI is InChI=1S/C20H20ClN3O2/c1-13(2)14(3)9-10-15(4)22-20-19(24(25)26)12-11-18(23-20)16-7-5-6-8-17(16)21/h5-12H,1H2,2-4H3,(H,22,23)/b14-9+,15-10+. The number of anilines is 1. The van der Waals surface area contributed by atoms with Crippen molar-refractivity contribution in [3.05, 3.63) is 87.1 Å². The molecule has 1 aromatic carbocycles. The van der Waals surface area contributed by atoms with Crippen molar-refractivity contribution in [2.75, 3.05) is 5.32 Å². The van der Waals surface area contributed by atoms with E-state index < -0.39 is 4.92 Å². The Labute approximate surface area is 157 Å². The van der Waals surface area contributed by atoms with Crippen LogP contribution < -0.4 is 5.32 Å². The third-order valence-corrected chi connectivity index (χ3v) is 4.12. The van der Waals surface area contributed by atoms with E-state index in [1.807, 2.05) is 51.1 Å². The highest BCUT2D eigenvalue weighted by atomic mass is 35.5. The van der Waals surface area contributed by atoms with Gasteiger partial charge in [0.15, 0.2) is 0 Å². The summed E-state index contributed by atoms with van der Waals surface area (Å²) < 4.78 is 0. The Hall–Kier alpha value is -2.92. The van der Waals surface area contributed by atoms with Crippen LogP contribution in [0.15, 0.2) is 72.0 Å². The molecular formula is C20H20ClN3O2. The van der Waals surface area contributed by atoms with Gasteiger partial charge in [0.25, 0.3) is 0 Å². The van der Waals surface area contributed by atoms with Gasteiger partial charge in [-0.15, -0.1) is 0 Å². The predicted molar refractivity (Wildman–Crippen MR) is 107 cm³/mol. The van der Waals surface area contributed by atoms with Crippen LogP contribution in [0.25, 0.3) is 11.3 Å². The zero-order valence-electron chi connectivity index (χ0n) is 14.9. The molecule has 1 N–H and O–H groups in total. The third-order valence-electron chi connectivity index (χ3n) is 3.79. The fourth-order valence-corrected chi connectivity index (χ4v) is 2.36. The van der Waals surface area contributed by atoms with Crippen LogP contribution in [0, 0.1) is 10.1 Å². The Morgan fingerprint density at radius 2 is 1.88 bits per heavy atom. The molecule has 26 heavy (non-hydrogen) atoms. The van der Waals surface area contributed by atoms with Gasteiger partial charge >= 0.3 is 5.69 Å². The first kappa shape index (κ1) is 19.4. The lowest BCUT2D eigenvalue weighted by molar-refractivity contribution is -0.384. The number of nitrogens with one attached hydrogen (secondary N) is 1. The number of halogens is 1. The van der Waals surface area contributed by atoms with Gasteiger partial charge in [0.2, 0.25) is 5.82 Å². The molecule has 6 heteroatoms. The predicted octanol–water partition coefficient (Wildman–Crippen LogP) is 6.15. The summed E-state index contributed by atoms with van der Waals surface area (Å²) >= 11 is 6.21. The van der Waals surface area contributed by atoms with Crippen molar-refractivity contribution in [3.63, 3.8) is 0 Å². The monoisotopic (exact) mass is 369 g/mol. The summed E-state index contributed by atoms with van der Waals surface area (Å²) in [6.45, 7) is 9.56. The highest BCUT2D eigenvalue weighted by Gasteiger charge is 2.17. The summed E-state index contributed by atoms with van der Waals surface area (Å²) in [5.74, 6) is 0.169. The minimum absolute atomic E-state index is 0.103. The molecule has 0 amide bonds. The smallest absolute Gasteiger partial charge is 0.311 e. The number of rotatable bonds is 6. The maximum Gasteiger partial charge on any atom is 0.311 e. The molecule has 2 rings (SSSR count). The number of pyridine rings is 1. The highest BCUT2D eigenvalue weighted by molar-refractivity contribution is 6.33. The first-order valence-electron chi connectivity index (χ1n) is 7.98. The van der Waals surface area contributed by atoms with Gasteiger partial charge in [0.05, 0.1) is 10.6 Å². The molecular weight excluding hydrogens is 350 g/mol. The number of aromatic nitrogens is 1. The molecule has 134 valence electrons. The van der Waals surface area contributed by atoms with E-state index in [0.717, 1.165) is 16.8 Å². The zero-order chi connectivity index (χ0) is 19.3. The second kappa shape index (κ2) is 8.45. The van der Waals surface area contributed by atoms with Crippen molar-refractivity contribution >= 4 is 23.1 Å². The molecule has 0 aliphatic carbocycles. The van der Waals surface area contributed by atoms with Gasteiger partial charge in [-0.1, -0.05) is 48.0 Å². The van der Waals surface area contributed by atoms with E-state index in [9.17, 15) is 10.1 Å². The van der Waals surface area contributed by atoms with E-state index in [1.165, 1.54) is 6.07 Å². The van der Waals surface area contributed by atoms with Crippen molar-refractivity contribution in [1.29, 1.82) is 0 Å². The lowest BCUT2D eigenvalue weighted by Gasteiger charge is -2.09. The largest absolute Gasteiger partial charge is 0.338 e. The Balaban J connectivity index is 2.42. The molecule has 0 fully saturated rings. The SMILES string of the molecule is C=C(C)/C(C)=C/C=C(\C)Nc1nc(-c2ccccc2Cl)ccc1[N+](=O)[O-]. The summed E-state index contributed by atoms with van der Waals surface area (Å²) in [5.41, 5.74) is 3.88. The average molecular weight is 370 g/mol. The molecule has 0 aliphatic rings. The second-order valence-electron chi connectivity index (χ2n) is 5.91. The van der Waals surface area contributed by atoms with Gasteiger partial charge < -0.3 is 5.32 Å². The van der Waals surface area contributed by atoms with Gasteiger partial charge in [-0.25, -0.2) is 4.98 Å². The fraction of sp³-hybridized carbons (Fsp3) is 0.150. The maximum absolute atomic E-state index is 11.3. The highest BCUT2D eigenvalue weighted by Crippen LogP contribution is 2.31. The quantitative estimate of drug-likeness (QED) is 0.376. The summed E-state index contributed by atoms with van der Waals surface area (Å²) in [6, 6.07) is 10.3. The van der Waals surface area contributed by atoms with Crippen LogP contribution in [0.1, 0.15) is 20.8 Å². The molecule has 0 unspecified atom stereocenters. The molecule has 5 nitrogen and oxygen atoms in total. The first-order chi connectivity index (χ1) is 12.3. The van der Waals surface area contributed by atoms with E-state index in [1.54, 1.807) is 12.1 Å². The Bertz CT molecular complexity index is 917. The Kier molecular flexibility index (Phi) is 6.31. The van der Waals surface area contributed by atoms with Crippen LogP contribution in [0.3, 0.4) is 0 Å². The van der Waals surface area contributed by atoms with E-state index in [-0.39, 0.29) is 11.5 Å². The van der Waals surface area contributed by atoms with Gasteiger partial charge in [0, 0.05) is 22.3 Å². The normalized spacial score (nSPS) is 12.0. The molecule has 0 spiro atoms. The van der Waals surface area contributed by atoms with Crippen molar-refractivity contribution in [2.24, 2.45) is 0 Å². The molecule has 1 aromatic heterocycles. The van der Waals surface area contributed by atoms with Crippen LogP contribution in [0.4, 0.5) is 11.5 Å². The van der Waals surface area contributed by atoms with Crippen LogP contribution in [-0.2, 0) is 0 Å². The summed E-state index contributed by atoms with van der Waals surface area (Å²) in [7, 11) is 0. The second-order valence-corrected chi connectivity index (χ2v) is 6.31. The molecule has 0 atom stereocenters. The van der Waals surface area contributed by atoms with Crippen molar-refractivity contribution in [1.82, 2.24) is 4.98 Å². The van der Waals surface area contributed by atoms with Crippen molar-refractivity contribution in [2.45, 2.75) is 20.8 Å². The van der Waals surface area contributed by atoms with Gasteiger partial charge in [-0.3, -0.25) is 10.1 Å². The van der Waals surface area contributed by atoms with E-state index >= 15 is 0 Å². The van der Waals surface area contributed by atoms with Crippen LogP contribution in [0.2, 0.25) is 5.02 Å². The number of nitrogens with zero attached hydrogens (tertiary/aromatic N) is 2. The molecule has 2 aromatic rings. The number of allylic oxidation sites excluding steroid dienone is 5. The number of nitro groups is 1. The summed E-state index contributed by atoms with van der Waals surface area (Å²) in [6.07, 6.45) is 3.73. The Morgan fingerprint density at radius 1 is 1.19 bits per heavy atom. The third kappa shape index (κ3) is 4.80. The van der Waals surface area contributed by atoms with E-state index in [0.29, 0.717) is 16.3 Å². The van der Waals surface area contributed by atoms with Crippen molar-refractivity contribution in [3.8, 4) is 11.3 Å². The average Bonchev–Trinajstić information content (AvgIpc) is 2.59. The molecule has 1 heterocycles. The minimum Gasteiger partial charge on any atom is -0.338 e. The topological polar surface area (TPSA) is 68.1 Å². The Morgan fingerprint density at radius 3 is 2.50 bits per heavy atom. The maximum atomic E-state index is 11.3. The van der Waals surface area contributed by atoms with E-state index in [2.05, 4.69) is 16.9 Å². The fourth-order valence-electron chi connectivity index (χ4n) is 2.13. The van der Waals surface area contributed by atoms with Gasteiger partial charge in [-0.05, 0) is 44.6 Å². The van der Waals surface area contributed by atoms with Gasteiger partial charge in [-0.2, -0.15) is 0 Å². The number of hydrogen-bond acceptors (Lipinski definition) is 4. The van der Waals surface area contributed by atoms with Crippen LogP contribution in [0.5, 0.6) is 0 Å². The van der Waals surface area contributed by atoms with Gasteiger partial charge in [0.1, 0.15) is 0 Å². The number of hydrogen-bond donors (Lipinski definition) is 1. The zero-order valence-corrected chi connectivity index (χ0v) is 15.7. The summed E-state index contributed by atoms with van der Waals surface area (Å²) in [4.78, 5) is 15.3. The van der Waals surface area contributed by atoms with E-state index in [4.69, 9.17) is 11.6 Å². The number of benzene rings is 1. The molecule has 0 bridgehead atoms. The lowest BCUT2D eigenvalue weighted by atomic mass is 10.1. The molecule has 0 saturated heterocycles. The summed E-state index contributed by atoms with van der Waals surface area (Å²) in [5, 5.41) is 14.9.